The number of nitrogens with zero attached hydrogens (tertiary/aromatic N) is 1. The van der Waals surface area contributed by atoms with E-state index in [2.05, 4.69) is 22.6 Å². The van der Waals surface area contributed by atoms with Crippen molar-refractivity contribution in [3.8, 4) is 5.75 Å². The van der Waals surface area contributed by atoms with Gasteiger partial charge in [0.15, 0.2) is 0 Å². The van der Waals surface area contributed by atoms with E-state index < -0.39 is 0 Å². The Morgan fingerprint density at radius 2 is 2.22 bits per heavy atom. The number of morpholine rings is 1. The van der Waals surface area contributed by atoms with E-state index >= 15 is 0 Å². The van der Waals surface area contributed by atoms with Gasteiger partial charge in [0.05, 0.1) is 25.8 Å². The summed E-state index contributed by atoms with van der Waals surface area (Å²) in [5, 5.41) is 6.60. The SMILES string of the molecule is CN1CCO[C@@H](CNCC(=O)NCCOc2ccc(Cl)cc2)C1. The number of hydrogen-bond donors (Lipinski definition) is 2. The van der Waals surface area contributed by atoms with E-state index in [1.807, 2.05) is 0 Å². The highest BCUT2D eigenvalue weighted by Gasteiger charge is 2.17. The fourth-order valence-electron chi connectivity index (χ4n) is 2.29. The van der Waals surface area contributed by atoms with Crippen molar-refractivity contribution in [1.82, 2.24) is 15.5 Å². The molecule has 0 radical (unpaired) electrons. The van der Waals surface area contributed by atoms with Crippen LogP contribution in [0.25, 0.3) is 0 Å². The van der Waals surface area contributed by atoms with E-state index in [0.29, 0.717) is 24.7 Å². The summed E-state index contributed by atoms with van der Waals surface area (Å²) in [6.45, 7) is 4.45. The maximum absolute atomic E-state index is 11.7. The van der Waals surface area contributed by atoms with E-state index in [-0.39, 0.29) is 18.6 Å². The number of halogens is 1. The van der Waals surface area contributed by atoms with Crippen molar-refractivity contribution in [3.63, 3.8) is 0 Å². The van der Waals surface area contributed by atoms with Crippen molar-refractivity contribution in [2.24, 2.45) is 0 Å². The third-order valence-corrected chi connectivity index (χ3v) is 3.76. The van der Waals surface area contributed by atoms with E-state index in [9.17, 15) is 4.79 Å². The van der Waals surface area contributed by atoms with Crippen LogP contribution in [0.5, 0.6) is 5.75 Å². The van der Waals surface area contributed by atoms with Crippen LogP contribution >= 0.6 is 11.6 Å². The minimum absolute atomic E-state index is 0.0473. The monoisotopic (exact) mass is 341 g/mol. The average Bonchev–Trinajstić information content (AvgIpc) is 2.53. The summed E-state index contributed by atoms with van der Waals surface area (Å²) in [6, 6.07) is 7.13. The topological polar surface area (TPSA) is 62.8 Å². The zero-order valence-corrected chi connectivity index (χ0v) is 14.1. The maximum atomic E-state index is 11.7. The number of amides is 1. The maximum Gasteiger partial charge on any atom is 0.234 e. The number of hydrogen-bond acceptors (Lipinski definition) is 5. The van der Waals surface area contributed by atoms with Crippen LogP contribution in [0.1, 0.15) is 0 Å². The Morgan fingerprint density at radius 3 is 2.96 bits per heavy atom. The van der Waals surface area contributed by atoms with E-state index in [1.54, 1.807) is 24.3 Å². The smallest absolute Gasteiger partial charge is 0.234 e. The van der Waals surface area contributed by atoms with Gasteiger partial charge in [-0.2, -0.15) is 0 Å². The van der Waals surface area contributed by atoms with Crippen LogP contribution in [0.2, 0.25) is 5.02 Å². The minimum atomic E-state index is -0.0473. The van der Waals surface area contributed by atoms with Crippen LogP contribution in [0.15, 0.2) is 24.3 Å². The van der Waals surface area contributed by atoms with Gasteiger partial charge in [0.2, 0.25) is 5.91 Å². The molecule has 1 aliphatic heterocycles. The normalized spacial score (nSPS) is 18.6. The number of rotatable bonds is 8. The molecule has 128 valence electrons. The highest BCUT2D eigenvalue weighted by Crippen LogP contribution is 2.15. The molecule has 0 bridgehead atoms. The summed E-state index contributed by atoms with van der Waals surface area (Å²) >= 11 is 5.80. The van der Waals surface area contributed by atoms with Gasteiger partial charge < -0.3 is 25.0 Å². The zero-order valence-electron chi connectivity index (χ0n) is 13.4. The summed E-state index contributed by atoms with van der Waals surface area (Å²) in [7, 11) is 2.07. The van der Waals surface area contributed by atoms with Gasteiger partial charge in [0, 0.05) is 24.7 Å². The number of carbonyl (C=O) groups excluding carboxylic acids is 1. The molecule has 0 unspecified atom stereocenters. The van der Waals surface area contributed by atoms with Gasteiger partial charge in [-0.05, 0) is 31.3 Å². The second kappa shape index (κ2) is 9.72. The Balaban J connectivity index is 1.50. The first-order valence-corrected chi connectivity index (χ1v) is 8.17. The largest absolute Gasteiger partial charge is 0.492 e. The summed E-state index contributed by atoms with van der Waals surface area (Å²) in [4.78, 5) is 13.9. The summed E-state index contributed by atoms with van der Waals surface area (Å²) in [6.07, 6.45) is 0.148. The average molecular weight is 342 g/mol. The zero-order chi connectivity index (χ0) is 16.5. The molecule has 7 heteroatoms. The molecule has 2 rings (SSSR count). The van der Waals surface area contributed by atoms with Crippen molar-refractivity contribution < 1.29 is 14.3 Å². The van der Waals surface area contributed by atoms with E-state index in [0.717, 1.165) is 25.4 Å². The van der Waals surface area contributed by atoms with Gasteiger partial charge in [0.1, 0.15) is 12.4 Å². The quantitative estimate of drug-likeness (QED) is 0.683. The molecular weight excluding hydrogens is 318 g/mol. The molecule has 0 aromatic heterocycles. The van der Waals surface area contributed by atoms with Crippen molar-refractivity contribution in [2.75, 3.05) is 53.0 Å². The van der Waals surface area contributed by atoms with Gasteiger partial charge in [-0.1, -0.05) is 11.6 Å². The second-order valence-electron chi connectivity index (χ2n) is 5.54. The van der Waals surface area contributed by atoms with Gasteiger partial charge >= 0.3 is 0 Å². The lowest BCUT2D eigenvalue weighted by Crippen LogP contribution is -2.46. The molecule has 1 saturated heterocycles. The lowest BCUT2D eigenvalue weighted by Gasteiger charge is -2.30. The van der Waals surface area contributed by atoms with E-state index in [4.69, 9.17) is 21.1 Å². The van der Waals surface area contributed by atoms with Crippen LogP contribution in [0.3, 0.4) is 0 Å². The highest BCUT2D eigenvalue weighted by molar-refractivity contribution is 6.30. The Labute approximate surface area is 142 Å². The summed E-state index contributed by atoms with van der Waals surface area (Å²) in [5.41, 5.74) is 0. The van der Waals surface area contributed by atoms with Crippen LogP contribution < -0.4 is 15.4 Å². The van der Waals surface area contributed by atoms with Crippen LogP contribution in [0, 0.1) is 0 Å². The first-order chi connectivity index (χ1) is 11.1. The standard InChI is InChI=1S/C16H24ClN3O3/c1-20-7-9-23-15(12-20)10-18-11-16(21)19-6-8-22-14-4-2-13(17)3-5-14/h2-5,15,18H,6-12H2,1H3,(H,19,21)/t15-/m0/s1. The molecule has 0 spiro atoms. The summed E-state index contributed by atoms with van der Waals surface area (Å²) < 4.78 is 11.1. The first kappa shape index (κ1) is 18.0. The molecule has 0 aliphatic carbocycles. The lowest BCUT2D eigenvalue weighted by molar-refractivity contribution is -0.120. The van der Waals surface area contributed by atoms with Crippen molar-refractivity contribution in [1.29, 1.82) is 0 Å². The number of benzene rings is 1. The fraction of sp³-hybridized carbons (Fsp3) is 0.562. The van der Waals surface area contributed by atoms with Crippen LogP contribution in [-0.2, 0) is 9.53 Å². The third-order valence-electron chi connectivity index (χ3n) is 3.51. The molecule has 1 aromatic carbocycles. The molecule has 1 aliphatic rings. The predicted octanol–water partition coefficient (Wildman–Crippen LogP) is 0.755. The van der Waals surface area contributed by atoms with Gasteiger partial charge in [-0.3, -0.25) is 4.79 Å². The van der Waals surface area contributed by atoms with Crippen molar-refractivity contribution >= 4 is 17.5 Å². The molecule has 1 atom stereocenters. The molecule has 0 saturated carbocycles. The molecule has 6 nitrogen and oxygen atoms in total. The van der Waals surface area contributed by atoms with Crippen molar-refractivity contribution in [3.05, 3.63) is 29.3 Å². The Hall–Kier alpha value is -1.34. The predicted molar refractivity (Wildman–Crippen MR) is 90.1 cm³/mol. The number of carbonyl (C=O) groups is 1. The first-order valence-electron chi connectivity index (χ1n) is 7.79. The molecular formula is C16H24ClN3O3. The summed E-state index contributed by atoms with van der Waals surface area (Å²) in [5.74, 6) is 0.689. The van der Waals surface area contributed by atoms with Crippen molar-refractivity contribution in [2.45, 2.75) is 6.10 Å². The second-order valence-corrected chi connectivity index (χ2v) is 5.97. The minimum Gasteiger partial charge on any atom is -0.492 e. The number of nitrogens with one attached hydrogen (secondary N) is 2. The number of ether oxygens (including phenoxy) is 2. The molecule has 1 fully saturated rings. The number of likely N-dealkylation sites (N-methyl/N-ethyl adjacent to an activating group) is 1. The third kappa shape index (κ3) is 7.18. The van der Waals surface area contributed by atoms with Gasteiger partial charge in [-0.15, -0.1) is 0 Å². The Kier molecular flexibility index (Phi) is 7.61. The Morgan fingerprint density at radius 1 is 1.43 bits per heavy atom. The van der Waals surface area contributed by atoms with Crippen LogP contribution in [0.4, 0.5) is 0 Å². The van der Waals surface area contributed by atoms with Crippen LogP contribution in [-0.4, -0.2) is 69.9 Å². The Bertz CT molecular complexity index is 484. The fourth-order valence-corrected chi connectivity index (χ4v) is 2.42. The highest BCUT2D eigenvalue weighted by atomic mass is 35.5. The molecule has 23 heavy (non-hydrogen) atoms. The lowest BCUT2D eigenvalue weighted by atomic mass is 10.3. The molecule has 2 N–H and O–H groups in total. The van der Waals surface area contributed by atoms with Gasteiger partial charge in [-0.25, -0.2) is 0 Å². The van der Waals surface area contributed by atoms with E-state index in [1.165, 1.54) is 0 Å². The molecule has 1 heterocycles. The van der Waals surface area contributed by atoms with Gasteiger partial charge in [0.25, 0.3) is 0 Å². The molecule has 1 aromatic rings. The molecule has 1 amide bonds.